The van der Waals surface area contributed by atoms with E-state index >= 15 is 0 Å². The van der Waals surface area contributed by atoms with Crippen LogP contribution in [0.5, 0.6) is 0 Å². The van der Waals surface area contributed by atoms with Gasteiger partial charge in [0.25, 0.3) is 0 Å². The lowest BCUT2D eigenvalue weighted by Crippen LogP contribution is -2.07. The summed E-state index contributed by atoms with van der Waals surface area (Å²) in [5.74, 6) is 0. The number of hydrogen-bond donors (Lipinski definition) is 2. The van der Waals surface area contributed by atoms with Crippen LogP contribution < -0.4 is 11.2 Å². The Labute approximate surface area is 78.2 Å². The van der Waals surface area contributed by atoms with Crippen molar-refractivity contribution in [2.45, 2.75) is 20.8 Å². The second-order valence-corrected chi connectivity index (χ2v) is 2.64. The van der Waals surface area contributed by atoms with Crippen LogP contribution in [-0.4, -0.2) is 12.0 Å². The highest BCUT2D eigenvalue weighted by molar-refractivity contribution is 5.97. The molecule has 0 saturated heterocycles. The lowest BCUT2D eigenvalue weighted by atomic mass is 10.2. The summed E-state index contributed by atoms with van der Waals surface area (Å²) in [6.45, 7) is 5.45. The molecule has 0 saturated carbocycles. The van der Waals surface area contributed by atoms with Crippen molar-refractivity contribution in [2.75, 3.05) is 0 Å². The second-order valence-electron chi connectivity index (χ2n) is 2.64. The number of hydrazone groups is 1. The van der Waals surface area contributed by atoms with Crippen molar-refractivity contribution >= 4 is 12.0 Å². The van der Waals surface area contributed by atoms with Crippen LogP contribution in [0.2, 0.25) is 0 Å². The van der Waals surface area contributed by atoms with Gasteiger partial charge in [0.2, 0.25) is 0 Å². The first-order chi connectivity index (χ1) is 6.11. The molecule has 0 aliphatic heterocycles. The number of rotatable bonds is 4. The van der Waals surface area contributed by atoms with Crippen LogP contribution in [0.1, 0.15) is 20.8 Å². The van der Waals surface area contributed by atoms with E-state index in [9.17, 15) is 4.79 Å². The molecule has 0 aliphatic carbocycles. The molecule has 0 bridgehead atoms. The largest absolute Gasteiger partial charge is 0.404 e. The Hall–Kier alpha value is -1.58. The van der Waals surface area contributed by atoms with Crippen LogP contribution in [0.3, 0.4) is 0 Å². The Morgan fingerprint density at radius 3 is 2.46 bits per heavy atom. The lowest BCUT2D eigenvalue weighted by molar-refractivity contribution is -0.104. The first-order valence-corrected chi connectivity index (χ1v) is 3.93. The second kappa shape index (κ2) is 5.99. The summed E-state index contributed by atoms with van der Waals surface area (Å²) in [5.41, 5.74) is 10.4. The predicted octanol–water partition coefficient (Wildman–Crippen LogP) is 0.917. The smallest absolute Gasteiger partial charge is 0.144 e. The maximum atomic E-state index is 10.1. The van der Waals surface area contributed by atoms with Crippen molar-refractivity contribution in [1.82, 2.24) is 5.43 Å². The van der Waals surface area contributed by atoms with E-state index in [1.54, 1.807) is 6.92 Å². The van der Waals surface area contributed by atoms with E-state index in [0.717, 1.165) is 11.3 Å². The third-order valence-electron chi connectivity index (χ3n) is 1.54. The van der Waals surface area contributed by atoms with Crippen LogP contribution in [-0.2, 0) is 4.79 Å². The Bertz CT molecular complexity index is 264. The fourth-order valence-electron chi connectivity index (χ4n) is 0.520. The highest BCUT2D eigenvalue weighted by atomic mass is 16.1. The van der Waals surface area contributed by atoms with E-state index in [0.29, 0.717) is 12.0 Å². The molecule has 4 heteroatoms. The topological polar surface area (TPSA) is 67.5 Å². The molecule has 0 aromatic heterocycles. The minimum atomic E-state index is 0.694. The summed E-state index contributed by atoms with van der Waals surface area (Å²) in [6.07, 6.45) is 3.59. The van der Waals surface area contributed by atoms with E-state index in [-0.39, 0.29) is 0 Å². The zero-order valence-corrected chi connectivity index (χ0v) is 8.16. The van der Waals surface area contributed by atoms with Gasteiger partial charge in [-0.3, -0.25) is 10.2 Å². The highest BCUT2D eigenvalue weighted by Crippen LogP contribution is 1.93. The number of nitrogens with two attached hydrogens (primary N) is 1. The third kappa shape index (κ3) is 4.79. The van der Waals surface area contributed by atoms with Gasteiger partial charge in [0.05, 0.1) is 5.71 Å². The molecule has 0 amide bonds. The average molecular weight is 181 g/mol. The molecule has 0 aromatic carbocycles. The molecule has 0 rings (SSSR count). The standard InChI is InChI=1S/C9H15N3O/c1-7(6-10)9(3)12-11-8(2)4-5-13/h4-6,11H,10H2,1-3H3/b7-6+,8-4-,12-9+. The molecule has 0 radical (unpaired) electrons. The van der Waals surface area contributed by atoms with Crippen LogP contribution >= 0.6 is 0 Å². The zero-order chi connectivity index (χ0) is 10.3. The summed E-state index contributed by atoms with van der Waals surface area (Å²) in [5, 5.41) is 4.00. The molecule has 3 N–H and O–H groups in total. The van der Waals surface area contributed by atoms with Gasteiger partial charge in [0, 0.05) is 5.70 Å². The molecule has 0 atom stereocenters. The van der Waals surface area contributed by atoms with Crippen molar-refractivity contribution in [3.05, 3.63) is 23.5 Å². The monoisotopic (exact) mass is 181 g/mol. The molecule has 0 aliphatic rings. The van der Waals surface area contributed by atoms with Gasteiger partial charge in [-0.1, -0.05) is 0 Å². The van der Waals surface area contributed by atoms with Gasteiger partial charge in [-0.25, -0.2) is 0 Å². The number of nitrogens with zero attached hydrogens (tertiary/aromatic N) is 1. The Morgan fingerprint density at radius 1 is 1.38 bits per heavy atom. The minimum absolute atomic E-state index is 0.694. The number of carbonyl (C=O) groups excluding carboxylic acids is 1. The molecule has 0 fully saturated rings. The molecule has 72 valence electrons. The van der Waals surface area contributed by atoms with Gasteiger partial charge in [0.15, 0.2) is 0 Å². The summed E-state index contributed by atoms with van der Waals surface area (Å²) in [6, 6.07) is 0. The summed E-state index contributed by atoms with van der Waals surface area (Å²) < 4.78 is 0. The number of carbonyl (C=O) groups is 1. The number of aldehydes is 1. The Balaban J connectivity index is 4.27. The molecule has 0 heterocycles. The molecule has 4 nitrogen and oxygen atoms in total. The van der Waals surface area contributed by atoms with Crippen LogP contribution in [0.4, 0.5) is 0 Å². The van der Waals surface area contributed by atoms with Gasteiger partial charge in [-0.2, -0.15) is 5.10 Å². The van der Waals surface area contributed by atoms with E-state index in [1.165, 1.54) is 12.3 Å². The maximum Gasteiger partial charge on any atom is 0.144 e. The summed E-state index contributed by atoms with van der Waals surface area (Å²) in [4.78, 5) is 10.1. The van der Waals surface area contributed by atoms with Gasteiger partial charge < -0.3 is 5.73 Å². The Morgan fingerprint density at radius 2 is 2.00 bits per heavy atom. The third-order valence-corrected chi connectivity index (χ3v) is 1.54. The van der Waals surface area contributed by atoms with E-state index < -0.39 is 0 Å². The highest BCUT2D eigenvalue weighted by Gasteiger charge is 1.92. The van der Waals surface area contributed by atoms with Gasteiger partial charge in [-0.15, -0.1) is 0 Å². The molecule has 0 unspecified atom stereocenters. The van der Waals surface area contributed by atoms with Crippen molar-refractivity contribution in [3.63, 3.8) is 0 Å². The van der Waals surface area contributed by atoms with Crippen molar-refractivity contribution in [3.8, 4) is 0 Å². The van der Waals surface area contributed by atoms with Crippen molar-refractivity contribution in [1.29, 1.82) is 0 Å². The molecule has 13 heavy (non-hydrogen) atoms. The van der Waals surface area contributed by atoms with Crippen molar-refractivity contribution < 1.29 is 4.79 Å². The van der Waals surface area contributed by atoms with Crippen LogP contribution in [0.25, 0.3) is 0 Å². The molecular formula is C9H15N3O. The SMILES string of the molecule is C/C(=C/C=O)N/N=C(C)/C(C)=C/N. The Kier molecular flexibility index (Phi) is 5.27. The number of nitrogens with one attached hydrogen (secondary N) is 1. The minimum Gasteiger partial charge on any atom is -0.404 e. The fraction of sp³-hybridized carbons (Fsp3) is 0.333. The summed E-state index contributed by atoms with van der Waals surface area (Å²) in [7, 11) is 0. The first-order valence-electron chi connectivity index (χ1n) is 3.93. The normalized spacial score (nSPS) is 14.2. The maximum absolute atomic E-state index is 10.1. The van der Waals surface area contributed by atoms with Crippen LogP contribution in [0.15, 0.2) is 28.6 Å². The lowest BCUT2D eigenvalue weighted by Gasteiger charge is -2.01. The van der Waals surface area contributed by atoms with E-state index in [4.69, 9.17) is 5.73 Å². The summed E-state index contributed by atoms with van der Waals surface area (Å²) >= 11 is 0. The van der Waals surface area contributed by atoms with Crippen molar-refractivity contribution in [2.24, 2.45) is 10.8 Å². The molecule has 0 aromatic rings. The predicted molar refractivity (Wildman–Crippen MR) is 54.0 cm³/mol. The van der Waals surface area contributed by atoms with Gasteiger partial charge in [0.1, 0.15) is 6.29 Å². The number of allylic oxidation sites excluding steroid dienone is 3. The fourth-order valence-corrected chi connectivity index (χ4v) is 0.520. The number of hydrogen-bond acceptors (Lipinski definition) is 4. The molecular weight excluding hydrogens is 166 g/mol. The average Bonchev–Trinajstić information content (AvgIpc) is 2.13. The van der Waals surface area contributed by atoms with Gasteiger partial charge >= 0.3 is 0 Å². The van der Waals surface area contributed by atoms with Gasteiger partial charge in [-0.05, 0) is 38.6 Å². The van der Waals surface area contributed by atoms with Crippen LogP contribution in [0, 0.1) is 0 Å². The van der Waals surface area contributed by atoms with E-state index in [2.05, 4.69) is 10.5 Å². The first kappa shape index (κ1) is 11.4. The van der Waals surface area contributed by atoms with E-state index in [1.807, 2.05) is 13.8 Å². The zero-order valence-electron chi connectivity index (χ0n) is 8.16. The quantitative estimate of drug-likeness (QED) is 0.293. The molecule has 0 spiro atoms.